The van der Waals surface area contributed by atoms with Gasteiger partial charge in [0.15, 0.2) is 0 Å². The van der Waals surface area contributed by atoms with Crippen molar-refractivity contribution in [2.24, 2.45) is 5.73 Å². The minimum Gasteiger partial charge on any atom is -0.358 e. The summed E-state index contributed by atoms with van der Waals surface area (Å²) < 4.78 is 7.98. The average molecular weight is 245 g/mol. The summed E-state index contributed by atoms with van der Waals surface area (Å²) in [6, 6.07) is 4.20. The molecule has 0 bridgehead atoms. The highest BCUT2D eigenvalue weighted by Crippen LogP contribution is 2.28. The summed E-state index contributed by atoms with van der Waals surface area (Å²) >= 11 is 0. The second-order valence-corrected chi connectivity index (χ2v) is 4.89. The summed E-state index contributed by atoms with van der Waals surface area (Å²) in [7, 11) is 0. The molecule has 2 N–H and O–H groups in total. The maximum atomic E-state index is 5.83. The van der Waals surface area contributed by atoms with Crippen LogP contribution in [0.15, 0.2) is 18.5 Å². The lowest BCUT2D eigenvalue weighted by Gasteiger charge is -2.24. The molecule has 0 amide bonds. The van der Waals surface area contributed by atoms with Gasteiger partial charge in [0.1, 0.15) is 6.23 Å². The first-order valence-electron chi connectivity index (χ1n) is 6.58. The van der Waals surface area contributed by atoms with Crippen LogP contribution in [0.25, 0.3) is 11.0 Å². The van der Waals surface area contributed by atoms with Crippen molar-refractivity contribution in [3.05, 3.63) is 29.6 Å². The van der Waals surface area contributed by atoms with E-state index in [1.165, 1.54) is 18.4 Å². The van der Waals surface area contributed by atoms with Crippen LogP contribution < -0.4 is 5.73 Å². The fourth-order valence-corrected chi connectivity index (χ4v) is 2.67. The van der Waals surface area contributed by atoms with Gasteiger partial charge in [-0.3, -0.25) is 0 Å². The van der Waals surface area contributed by atoms with E-state index in [0.29, 0.717) is 6.54 Å². The van der Waals surface area contributed by atoms with Crippen molar-refractivity contribution in [2.75, 3.05) is 6.61 Å². The van der Waals surface area contributed by atoms with E-state index in [1.807, 2.05) is 6.33 Å². The predicted molar refractivity (Wildman–Crippen MR) is 71.2 cm³/mol. The van der Waals surface area contributed by atoms with Crippen LogP contribution >= 0.6 is 0 Å². The lowest BCUT2D eigenvalue weighted by molar-refractivity contribution is -0.0295. The Morgan fingerprint density at radius 2 is 2.33 bits per heavy atom. The van der Waals surface area contributed by atoms with Crippen molar-refractivity contribution >= 4 is 11.0 Å². The zero-order chi connectivity index (χ0) is 12.5. The summed E-state index contributed by atoms with van der Waals surface area (Å²) in [5, 5.41) is 0. The van der Waals surface area contributed by atoms with E-state index in [4.69, 9.17) is 10.5 Å². The molecule has 1 aromatic carbocycles. The van der Waals surface area contributed by atoms with Gasteiger partial charge in [0, 0.05) is 13.2 Å². The molecule has 4 heteroatoms. The van der Waals surface area contributed by atoms with Crippen LogP contribution in [-0.4, -0.2) is 16.2 Å². The van der Waals surface area contributed by atoms with Gasteiger partial charge in [-0.15, -0.1) is 0 Å². The summed E-state index contributed by atoms with van der Waals surface area (Å²) in [4.78, 5) is 4.53. The molecule has 1 saturated heterocycles. The molecule has 0 unspecified atom stereocenters. The quantitative estimate of drug-likeness (QED) is 0.884. The van der Waals surface area contributed by atoms with Crippen LogP contribution in [0.1, 0.15) is 36.6 Å². The minimum absolute atomic E-state index is 0.145. The molecule has 2 aromatic rings. The first kappa shape index (κ1) is 11.7. The highest BCUT2D eigenvalue weighted by molar-refractivity contribution is 5.80. The van der Waals surface area contributed by atoms with Crippen LogP contribution in [-0.2, 0) is 11.3 Å². The molecule has 0 radical (unpaired) electrons. The Hall–Kier alpha value is -1.39. The molecule has 1 fully saturated rings. The monoisotopic (exact) mass is 245 g/mol. The van der Waals surface area contributed by atoms with Crippen molar-refractivity contribution < 1.29 is 4.74 Å². The fraction of sp³-hybridized carbons (Fsp3) is 0.500. The molecular weight excluding hydrogens is 226 g/mol. The predicted octanol–water partition coefficient (Wildman–Crippen LogP) is 2.50. The normalized spacial score (nSPS) is 20.4. The Labute approximate surface area is 107 Å². The summed E-state index contributed by atoms with van der Waals surface area (Å²) in [5.74, 6) is 0. The number of ether oxygens (including phenoxy) is 1. The number of hydrogen-bond donors (Lipinski definition) is 1. The third kappa shape index (κ3) is 1.82. The zero-order valence-corrected chi connectivity index (χ0v) is 10.7. The molecule has 0 spiro atoms. The maximum absolute atomic E-state index is 5.83. The Balaban J connectivity index is 2.06. The number of benzene rings is 1. The van der Waals surface area contributed by atoms with Crippen LogP contribution in [0, 0.1) is 6.92 Å². The van der Waals surface area contributed by atoms with Gasteiger partial charge in [-0.1, -0.05) is 6.07 Å². The third-order valence-electron chi connectivity index (χ3n) is 3.80. The summed E-state index contributed by atoms with van der Waals surface area (Å²) in [5.41, 5.74) is 10.3. The van der Waals surface area contributed by atoms with Gasteiger partial charge in [-0.2, -0.15) is 0 Å². The first-order valence-corrected chi connectivity index (χ1v) is 6.58. The lowest BCUT2D eigenvalue weighted by Crippen LogP contribution is -2.17. The van der Waals surface area contributed by atoms with Crippen LogP contribution in [0.4, 0.5) is 0 Å². The van der Waals surface area contributed by atoms with Crippen molar-refractivity contribution in [1.29, 1.82) is 0 Å². The van der Waals surface area contributed by atoms with E-state index in [-0.39, 0.29) is 6.23 Å². The summed E-state index contributed by atoms with van der Waals surface area (Å²) in [6.45, 7) is 3.50. The Morgan fingerprint density at radius 1 is 1.44 bits per heavy atom. The maximum Gasteiger partial charge on any atom is 0.135 e. The molecule has 1 atom stereocenters. The molecule has 96 valence electrons. The topological polar surface area (TPSA) is 53.1 Å². The van der Waals surface area contributed by atoms with Gasteiger partial charge in [-0.05, 0) is 43.4 Å². The minimum atomic E-state index is 0.145. The summed E-state index contributed by atoms with van der Waals surface area (Å²) in [6.07, 6.45) is 5.51. The van der Waals surface area contributed by atoms with Gasteiger partial charge in [0.05, 0.1) is 17.4 Å². The Bertz CT molecular complexity index is 555. The van der Waals surface area contributed by atoms with Gasteiger partial charge < -0.3 is 15.0 Å². The average Bonchev–Trinajstić information content (AvgIpc) is 2.85. The van der Waals surface area contributed by atoms with Gasteiger partial charge in [-0.25, -0.2) is 4.98 Å². The third-order valence-corrected chi connectivity index (χ3v) is 3.80. The number of hydrogen-bond acceptors (Lipinski definition) is 3. The van der Waals surface area contributed by atoms with Gasteiger partial charge >= 0.3 is 0 Å². The standard InChI is InChI=1S/C14H19N3O/c1-10-11(8-15)5-6-12-14(10)16-9-17(12)13-4-2-3-7-18-13/h5-6,9,13H,2-4,7-8,15H2,1H3/t13-/m0/s1. The second-order valence-electron chi connectivity index (χ2n) is 4.89. The SMILES string of the molecule is Cc1c(CN)ccc2c1ncn2[C@@H]1CCCCO1. The first-order chi connectivity index (χ1) is 8.81. The van der Waals surface area contributed by atoms with E-state index in [1.54, 1.807) is 0 Å². The molecule has 0 saturated carbocycles. The van der Waals surface area contributed by atoms with Crippen molar-refractivity contribution in [3.63, 3.8) is 0 Å². The van der Waals surface area contributed by atoms with Crippen molar-refractivity contribution in [2.45, 2.75) is 39.0 Å². The largest absolute Gasteiger partial charge is 0.358 e. The number of fused-ring (bicyclic) bond motifs is 1. The number of aromatic nitrogens is 2. The number of nitrogens with two attached hydrogens (primary N) is 1. The van der Waals surface area contributed by atoms with Gasteiger partial charge in [0.2, 0.25) is 0 Å². The Kier molecular flexibility index (Phi) is 3.06. The molecule has 3 rings (SSSR count). The zero-order valence-electron chi connectivity index (χ0n) is 10.7. The molecular formula is C14H19N3O. The molecule has 1 aliphatic rings. The van der Waals surface area contributed by atoms with E-state index in [2.05, 4.69) is 28.6 Å². The highest BCUT2D eigenvalue weighted by Gasteiger charge is 2.18. The molecule has 18 heavy (non-hydrogen) atoms. The van der Waals surface area contributed by atoms with Crippen LogP contribution in [0.5, 0.6) is 0 Å². The molecule has 0 aliphatic carbocycles. The smallest absolute Gasteiger partial charge is 0.135 e. The van der Waals surface area contributed by atoms with Crippen molar-refractivity contribution in [3.8, 4) is 0 Å². The number of rotatable bonds is 2. The van der Waals surface area contributed by atoms with E-state index >= 15 is 0 Å². The van der Waals surface area contributed by atoms with Crippen LogP contribution in [0.3, 0.4) is 0 Å². The van der Waals surface area contributed by atoms with E-state index in [0.717, 1.165) is 29.6 Å². The Morgan fingerprint density at radius 3 is 3.06 bits per heavy atom. The molecule has 4 nitrogen and oxygen atoms in total. The molecule has 1 aromatic heterocycles. The number of aryl methyl sites for hydroxylation is 1. The van der Waals surface area contributed by atoms with Gasteiger partial charge in [0.25, 0.3) is 0 Å². The van der Waals surface area contributed by atoms with Crippen molar-refractivity contribution in [1.82, 2.24) is 9.55 Å². The number of nitrogens with zero attached hydrogens (tertiary/aromatic N) is 2. The molecule has 1 aliphatic heterocycles. The van der Waals surface area contributed by atoms with E-state index < -0.39 is 0 Å². The lowest BCUT2D eigenvalue weighted by atomic mass is 10.1. The fourth-order valence-electron chi connectivity index (χ4n) is 2.67. The number of imidazole rings is 1. The second kappa shape index (κ2) is 4.71. The highest BCUT2D eigenvalue weighted by atomic mass is 16.5. The van der Waals surface area contributed by atoms with E-state index in [9.17, 15) is 0 Å². The van der Waals surface area contributed by atoms with Crippen LogP contribution in [0.2, 0.25) is 0 Å². The molecule has 2 heterocycles.